The summed E-state index contributed by atoms with van der Waals surface area (Å²) >= 11 is 0. The molecule has 20 heavy (non-hydrogen) atoms. The van der Waals surface area contributed by atoms with Gasteiger partial charge in [0.2, 0.25) is 5.91 Å². The molecular formula is C17H24N2O. The van der Waals surface area contributed by atoms with Crippen LogP contribution in [0.5, 0.6) is 0 Å². The van der Waals surface area contributed by atoms with Gasteiger partial charge >= 0.3 is 0 Å². The van der Waals surface area contributed by atoms with Gasteiger partial charge in [-0.05, 0) is 37.8 Å². The van der Waals surface area contributed by atoms with Crippen LogP contribution in [0.25, 0.3) is 10.9 Å². The summed E-state index contributed by atoms with van der Waals surface area (Å²) in [6.07, 6.45) is 5.62. The molecule has 2 aromatic rings. The molecule has 108 valence electrons. The monoisotopic (exact) mass is 272 g/mol. The van der Waals surface area contributed by atoms with Crippen molar-refractivity contribution >= 4 is 16.8 Å². The fraction of sp³-hybridized carbons (Fsp3) is 0.471. The maximum Gasteiger partial charge on any atom is 0.222 e. The number of amides is 1. The molecule has 1 N–H and O–H groups in total. The molecule has 1 heterocycles. The average molecular weight is 272 g/mol. The smallest absolute Gasteiger partial charge is 0.222 e. The fourth-order valence-electron chi connectivity index (χ4n) is 2.66. The SMILES string of the molecule is CCCN(CC)C(=O)CCCc1c[nH]c2ccccc12. The van der Waals surface area contributed by atoms with E-state index in [1.54, 1.807) is 0 Å². The minimum atomic E-state index is 0.286. The molecule has 0 radical (unpaired) electrons. The number of para-hydroxylation sites is 1. The lowest BCUT2D eigenvalue weighted by Gasteiger charge is -2.19. The average Bonchev–Trinajstić information content (AvgIpc) is 2.88. The number of aromatic nitrogens is 1. The third-order valence-electron chi connectivity index (χ3n) is 3.74. The van der Waals surface area contributed by atoms with Gasteiger partial charge < -0.3 is 9.88 Å². The van der Waals surface area contributed by atoms with E-state index in [1.807, 2.05) is 17.9 Å². The summed E-state index contributed by atoms with van der Waals surface area (Å²) in [5.74, 6) is 0.286. The van der Waals surface area contributed by atoms with Crippen molar-refractivity contribution < 1.29 is 4.79 Å². The molecule has 1 amide bonds. The quantitative estimate of drug-likeness (QED) is 0.818. The molecule has 0 fully saturated rings. The van der Waals surface area contributed by atoms with E-state index in [1.165, 1.54) is 16.5 Å². The number of carbonyl (C=O) groups excluding carboxylic acids is 1. The molecule has 3 heteroatoms. The van der Waals surface area contributed by atoms with Gasteiger partial charge in [-0.15, -0.1) is 0 Å². The van der Waals surface area contributed by atoms with E-state index in [-0.39, 0.29) is 5.91 Å². The summed E-state index contributed by atoms with van der Waals surface area (Å²) in [5.41, 5.74) is 2.49. The summed E-state index contributed by atoms with van der Waals surface area (Å²) in [4.78, 5) is 17.3. The van der Waals surface area contributed by atoms with E-state index in [2.05, 4.69) is 36.3 Å². The lowest BCUT2D eigenvalue weighted by molar-refractivity contribution is -0.131. The molecule has 0 saturated carbocycles. The molecule has 1 aromatic carbocycles. The van der Waals surface area contributed by atoms with Gasteiger partial charge in [-0.25, -0.2) is 0 Å². The van der Waals surface area contributed by atoms with E-state index < -0.39 is 0 Å². The number of hydrogen-bond acceptors (Lipinski definition) is 1. The van der Waals surface area contributed by atoms with E-state index >= 15 is 0 Å². The summed E-state index contributed by atoms with van der Waals surface area (Å²) in [6.45, 7) is 5.86. The number of rotatable bonds is 7. The largest absolute Gasteiger partial charge is 0.361 e. The number of fused-ring (bicyclic) bond motifs is 1. The Morgan fingerprint density at radius 1 is 1.25 bits per heavy atom. The maximum atomic E-state index is 12.1. The summed E-state index contributed by atoms with van der Waals surface area (Å²) in [6, 6.07) is 8.32. The highest BCUT2D eigenvalue weighted by Crippen LogP contribution is 2.19. The zero-order valence-corrected chi connectivity index (χ0v) is 12.5. The van der Waals surface area contributed by atoms with Crippen LogP contribution < -0.4 is 0 Å². The number of hydrogen-bond donors (Lipinski definition) is 1. The Labute approximate surface area is 121 Å². The topological polar surface area (TPSA) is 36.1 Å². The summed E-state index contributed by atoms with van der Waals surface area (Å²) in [5, 5.41) is 1.28. The van der Waals surface area contributed by atoms with Crippen LogP contribution in [0, 0.1) is 0 Å². The van der Waals surface area contributed by atoms with Crippen LogP contribution in [0.3, 0.4) is 0 Å². The van der Waals surface area contributed by atoms with E-state index in [0.29, 0.717) is 6.42 Å². The van der Waals surface area contributed by atoms with Crippen molar-refractivity contribution in [3.05, 3.63) is 36.0 Å². The highest BCUT2D eigenvalue weighted by Gasteiger charge is 2.10. The summed E-state index contributed by atoms with van der Waals surface area (Å²) < 4.78 is 0. The normalized spacial score (nSPS) is 10.9. The van der Waals surface area contributed by atoms with Gasteiger partial charge in [0.15, 0.2) is 0 Å². The first kappa shape index (κ1) is 14.6. The molecule has 0 saturated heterocycles. The van der Waals surface area contributed by atoms with Gasteiger partial charge in [0.05, 0.1) is 0 Å². The number of nitrogens with zero attached hydrogens (tertiary/aromatic N) is 1. The number of aryl methyl sites for hydroxylation is 1. The second-order valence-corrected chi connectivity index (χ2v) is 5.19. The molecule has 0 spiro atoms. The summed E-state index contributed by atoms with van der Waals surface area (Å²) in [7, 11) is 0. The molecule has 2 rings (SSSR count). The molecule has 0 aliphatic rings. The predicted molar refractivity (Wildman–Crippen MR) is 83.8 cm³/mol. The van der Waals surface area contributed by atoms with Crippen molar-refractivity contribution in [1.29, 1.82) is 0 Å². The second-order valence-electron chi connectivity index (χ2n) is 5.19. The van der Waals surface area contributed by atoms with Crippen LogP contribution in [0.1, 0.15) is 38.7 Å². The molecule has 0 unspecified atom stereocenters. The molecule has 0 bridgehead atoms. The Morgan fingerprint density at radius 3 is 2.80 bits per heavy atom. The van der Waals surface area contributed by atoms with Gasteiger partial charge in [0, 0.05) is 36.6 Å². The first-order chi connectivity index (χ1) is 9.76. The van der Waals surface area contributed by atoms with Gasteiger partial charge in [-0.2, -0.15) is 0 Å². The van der Waals surface area contributed by atoms with Gasteiger partial charge in [0.25, 0.3) is 0 Å². The van der Waals surface area contributed by atoms with Crippen LogP contribution in [0.15, 0.2) is 30.5 Å². The second kappa shape index (κ2) is 7.13. The van der Waals surface area contributed by atoms with E-state index in [0.717, 1.165) is 32.4 Å². The van der Waals surface area contributed by atoms with Crippen LogP contribution in [-0.4, -0.2) is 28.9 Å². The lowest BCUT2D eigenvalue weighted by atomic mass is 10.1. The number of carbonyl (C=O) groups is 1. The van der Waals surface area contributed by atoms with Gasteiger partial charge in [-0.3, -0.25) is 4.79 Å². The minimum Gasteiger partial charge on any atom is -0.361 e. The maximum absolute atomic E-state index is 12.1. The van der Waals surface area contributed by atoms with Gasteiger partial charge in [0.1, 0.15) is 0 Å². The predicted octanol–water partition coefficient (Wildman–Crippen LogP) is 3.75. The highest BCUT2D eigenvalue weighted by atomic mass is 16.2. The van der Waals surface area contributed by atoms with Crippen LogP contribution >= 0.6 is 0 Å². The Morgan fingerprint density at radius 2 is 2.05 bits per heavy atom. The van der Waals surface area contributed by atoms with E-state index in [9.17, 15) is 4.79 Å². The third kappa shape index (κ3) is 3.41. The molecule has 0 aliphatic carbocycles. The van der Waals surface area contributed by atoms with Crippen molar-refractivity contribution in [2.75, 3.05) is 13.1 Å². The Bertz CT molecular complexity index is 559. The lowest BCUT2D eigenvalue weighted by Crippen LogP contribution is -2.31. The Kier molecular flexibility index (Phi) is 5.22. The highest BCUT2D eigenvalue weighted by molar-refractivity contribution is 5.83. The third-order valence-corrected chi connectivity index (χ3v) is 3.74. The van der Waals surface area contributed by atoms with Crippen LogP contribution in [0.2, 0.25) is 0 Å². The molecule has 0 aliphatic heterocycles. The minimum absolute atomic E-state index is 0.286. The molecular weight excluding hydrogens is 248 g/mol. The zero-order chi connectivity index (χ0) is 14.4. The van der Waals surface area contributed by atoms with Crippen LogP contribution in [0.4, 0.5) is 0 Å². The number of H-pyrrole nitrogens is 1. The number of aromatic amines is 1. The van der Waals surface area contributed by atoms with Crippen molar-refractivity contribution in [3.63, 3.8) is 0 Å². The molecule has 0 atom stereocenters. The van der Waals surface area contributed by atoms with Gasteiger partial charge in [-0.1, -0.05) is 25.1 Å². The molecule has 3 nitrogen and oxygen atoms in total. The number of nitrogens with one attached hydrogen (secondary N) is 1. The Hall–Kier alpha value is -1.77. The standard InChI is InChI=1S/C17H24N2O/c1-3-12-19(4-2)17(20)11-7-8-14-13-18-16-10-6-5-9-15(14)16/h5-6,9-10,13,18H,3-4,7-8,11-12H2,1-2H3. The zero-order valence-electron chi connectivity index (χ0n) is 12.5. The van der Waals surface area contributed by atoms with Crippen molar-refractivity contribution in [3.8, 4) is 0 Å². The van der Waals surface area contributed by atoms with E-state index in [4.69, 9.17) is 0 Å². The fourth-order valence-corrected chi connectivity index (χ4v) is 2.66. The van der Waals surface area contributed by atoms with Crippen molar-refractivity contribution in [1.82, 2.24) is 9.88 Å². The Balaban J connectivity index is 1.88. The van der Waals surface area contributed by atoms with Crippen molar-refractivity contribution in [2.24, 2.45) is 0 Å². The first-order valence-electron chi connectivity index (χ1n) is 7.59. The first-order valence-corrected chi connectivity index (χ1v) is 7.59. The number of benzene rings is 1. The van der Waals surface area contributed by atoms with Crippen molar-refractivity contribution in [2.45, 2.75) is 39.5 Å². The molecule has 1 aromatic heterocycles. The van der Waals surface area contributed by atoms with Crippen LogP contribution in [-0.2, 0) is 11.2 Å².